The third kappa shape index (κ3) is 5.19. The predicted octanol–water partition coefficient (Wildman–Crippen LogP) is 1.75. The molecule has 1 aromatic carbocycles. The molecule has 1 fully saturated rings. The first-order valence-electron chi connectivity index (χ1n) is 8.77. The molecule has 1 aliphatic rings. The molecule has 140 valence electrons. The largest absolute Gasteiger partial charge is 0.351 e. The molecule has 1 aromatic rings. The van der Waals surface area contributed by atoms with Gasteiger partial charge >= 0.3 is 0 Å². The van der Waals surface area contributed by atoms with E-state index < -0.39 is 16.1 Å². The Morgan fingerprint density at radius 1 is 1.36 bits per heavy atom. The lowest BCUT2D eigenvalue weighted by atomic mass is 10.0. The van der Waals surface area contributed by atoms with Gasteiger partial charge in [0.25, 0.3) is 0 Å². The fourth-order valence-electron chi connectivity index (χ4n) is 3.28. The van der Waals surface area contributed by atoms with Crippen molar-refractivity contribution in [3.8, 4) is 0 Å². The van der Waals surface area contributed by atoms with Gasteiger partial charge in [-0.2, -0.15) is 0 Å². The molecule has 0 radical (unpaired) electrons. The summed E-state index contributed by atoms with van der Waals surface area (Å²) in [5.41, 5.74) is 1.49. The van der Waals surface area contributed by atoms with Crippen molar-refractivity contribution in [2.45, 2.75) is 45.2 Å². The number of carbonyl (C=O) groups is 1. The van der Waals surface area contributed by atoms with Gasteiger partial charge in [-0.3, -0.25) is 9.10 Å². The predicted molar refractivity (Wildman–Crippen MR) is 101 cm³/mol. The minimum absolute atomic E-state index is 0.108. The van der Waals surface area contributed by atoms with Crippen LogP contribution in [0.1, 0.15) is 31.7 Å². The number of sulfonamides is 1. The van der Waals surface area contributed by atoms with Gasteiger partial charge in [0.1, 0.15) is 6.04 Å². The van der Waals surface area contributed by atoms with Crippen LogP contribution < -0.4 is 9.62 Å². The molecule has 1 unspecified atom stereocenters. The van der Waals surface area contributed by atoms with Crippen molar-refractivity contribution in [1.29, 1.82) is 0 Å². The number of carbonyl (C=O) groups excluding carboxylic acids is 1. The normalized spacial score (nSPS) is 17.9. The van der Waals surface area contributed by atoms with Gasteiger partial charge in [-0.15, -0.1) is 0 Å². The van der Waals surface area contributed by atoms with Crippen LogP contribution in [0.5, 0.6) is 0 Å². The maximum Gasteiger partial charge on any atom is 0.244 e. The summed E-state index contributed by atoms with van der Waals surface area (Å²) in [6.45, 7) is 5.63. The van der Waals surface area contributed by atoms with Crippen LogP contribution in [0.4, 0.5) is 5.69 Å². The van der Waals surface area contributed by atoms with E-state index in [1.807, 2.05) is 26.0 Å². The van der Waals surface area contributed by atoms with Crippen LogP contribution in [0.15, 0.2) is 24.3 Å². The summed E-state index contributed by atoms with van der Waals surface area (Å²) < 4.78 is 26.1. The first kappa shape index (κ1) is 19.7. The summed E-state index contributed by atoms with van der Waals surface area (Å²) in [5, 5.41) is 3.06. The molecule has 1 aliphatic heterocycles. The second-order valence-corrected chi connectivity index (χ2v) is 8.77. The van der Waals surface area contributed by atoms with E-state index in [0.29, 0.717) is 12.1 Å². The maximum absolute atomic E-state index is 12.8. The van der Waals surface area contributed by atoms with Gasteiger partial charge < -0.3 is 10.2 Å². The van der Waals surface area contributed by atoms with Crippen LogP contribution in [0.3, 0.4) is 0 Å². The van der Waals surface area contributed by atoms with Crippen LogP contribution in [0, 0.1) is 6.92 Å². The van der Waals surface area contributed by atoms with Crippen molar-refractivity contribution < 1.29 is 13.2 Å². The molecule has 6 nitrogen and oxygen atoms in total. The fourth-order valence-corrected chi connectivity index (χ4v) is 4.48. The number of benzene rings is 1. The molecule has 1 heterocycles. The van der Waals surface area contributed by atoms with Crippen molar-refractivity contribution in [1.82, 2.24) is 10.2 Å². The first-order valence-corrected chi connectivity index (χ1v) is 10.6. The molecule has 0 spiro atoms. The average molecular weight is 368 g/mol. The Hall–Kier alpha value is -1.60. The lowest BCUT2D eigenvalue weighted by Crippen LogP contribution is -2.53. The van der Waals surface area contributed by atoms with E-state index in [9.17, 15) is 13.2 Å². The van der Waals surface area contributed by atoms with E-state index >= 15 is 0 Å². The molecule has 1 saturated heterocycles. The summed E-state index contributed by atoms with van der Waals surface area (Å²) in [4.78, 5) is 15.1. The van der Waals surface area contributed by atoms with Crippen molar-refractivity contribution in [2.75, 3.05) is 30.7 Å². The molecule has 0 aromatic heterocycles. The third-order valence-corrected chi connectivity index (χ3v) is 5.83. The second-order valence-electron chi connectivity index (χ2n) is 6.91. The van der Waals surface area contributed by atoms with Gasteiger partial charge in [0, 0.05) is 6.04 Å². The number of hydrogen-bond donors (Lipinski definition) is 1. The number of anilines is 1. The van der Waals surface area contributed by atoms with Gasteiger partial charge in [-0.1, -0.05) is 19.1 Å². The molecule has 1 N–H and O–H groups in total. The quantitative estimate of drug-likeness (QED) is 0.832. The number of hydrogen-bond acceptors (Lipinski definition) is 4. The van der Waals surface area contributed by atoms with Crippen molar-refractivity contribution in [3.63, 3.8) is 0 Å². The lowest BCUT2D eigenvalue weighted by Gasteiger charge is -2.34. The van der Waals surface area contributed by atoms with E-state index in [0.717, 1.165) is 37.8 Å². The number of piperidine rings is 1. The molecule has 25 heavy (non-hydrogen) atoms. The number of rotatable bonds is 6. The number of likely N-dealkylation sites (tertiary alicyclic amines) is 1. The minimum Gasteiger partial charge on any atom is -0.351 e. The molecule has 0 bridgehead atoms. The number of nitrogens with one attached hydrogen (secondary N) is 1. The van der Waals surface area contributed by atoms with E-state index in [1.165, 1.54) is 4.31 Å². The van der Waals surface area contributed by atoms with Crippen molar-refractivity contribution in [2.24, 2.45) is 0 Å². The lowest BCUT2D eigenvalue weighted by molar-refractivity contribution is -0.123. The Morgan fingerprint density at radius 2 is 2.00 bits per heavy atom. The fraction of sp³-hybridized carbons (Fsp3) is 0.611. The molecule has 0 aliphatic carbocycles. The highest BCUT2D eigenvalue weighted by atomic mass is 32.2. The number of aryl methyl sites for hydroxylation is 1. The molecule has 1 amide bonds. The number of nitrogens with zero attached hydrogens (tertiary/aromatic N) is 2. The zero-order valence-electron chi connectivity index (χ0n) is 15.5. The molecular weight excluding hydrogens is 338 g/mol. The minimum atomic E-state index is -3.58. The van der Waals surface area contributed by atoms with Crippen molar-refractivity contribution in [3.05, 3.63) is 29.8 Å². The van der Waals surface area contributed by atoms with Gasteiger partial charge in [-0.25, -0.2) is 8.42 Å². The SMILES string of the molecule is CCC(C(=O)NC1CCN(C)CC1)N(c1cccc(C)c1)S(C)(=O)=O. The van der Waals surface area contributed by atoms with Crippen LogP contribution in [-0.2, 0) is 14.8 Å². The Balaban J connectivity index is 2.23. The average Bonchev–Trinajstić information content (AvgIpc) is 2.53. The van der Waals surface area contributed by atoms with Gasteiger partial charge in [0.2, 0.25) is 15.9 Å². The summed E-state index contributed by atoms with van der Waals surface area (Å²) in [5.74, 6) is -0.219. The topological polar surface area (TPSA) is 69.7 Å². The zero-order valence-corrected chi connectivity index (χ0v) is 16.3. The summed E-state index contributed by atoms with van der Waals surface area (Å²) >= 11 is 0. The molecule has 1 atom stereocenters. The van der Waals surface area contributed by atoms with E-state index in [1.54, 1.807) is 12.1 Å². The van der Waals surface area contributed by atoms with Gasteiger partial charge in [0.05, 0.1) is 11.9 Å². The zero-order chi connectivity index (χ0) is 18.6. The molecule has 2 rings (SSSR count). The monoisotopic (exact) mass is 367 g/mol. The third-order valence-electron chi connectivity index (χ3n) is 4.65. The first-order chi connectivity index (χ1) is 11.7. The summed E-state index contributed by atoms with van der Waals surface area (Å²) in [6, 6.07) is 6.62. The summed E-state index contributed by atoms with van der Waals surface area (Å²) in [6.07, 6.45) is 3.35. The highest BCUT2D eigenvalue weighted by molar-refractivity contribution is 7.92. The Morgan fingerprint density at radius 3 is 2.52 bits per heavy atom. The van der Waals surface area contributed by atoms with Crippen LogP contribution in [0.25, 0.3) is 0 Å². The number of amides is 1. The van der Waals surface area contributed by atoms with Gasteiger partial charge in [-0.05, 0) is 64.0 Å². The van der Waals surface area contributed by atoms with Crippen LogP contribution in [-0.4, -0.2) is 57.7 Å². The Kier molecular flexibility index (Phi) is 6.46. The van der Waals surface area contributed by atoms with Crippen LogP contribution in [0.2, 0.25) is 0 Å². The molecule has 7 heteroatoms. The maximum atomic E-state index is 12.8. The highest BCUT2D eigenvalue weighted by Gasteiger charge is 2.32. The van der Waals surface area contributed by atoms with Gasteiger partial charge in [0.15, 0.2) is 0 Å². The van der Waals surface area contributed by atoms with Crippen LogP contribution >= 0.6 is 0 Å². The molecular formula is C18H29N3O3S. The Labute approximate surface area is 151 Å². The van der Waals surface area contributed by atoms with Crippen molar-refractivity contribution >= 4 is 21.6 Å². The standard InChI is InChI=1S/C18H29N3O3S/c1-5-17(18(22)19-15-9-11-20(3)12-10-15)21(25(4,23)24)16-8-6-7-14(2)13-16/h6-8,13,15,17H,5,9-12H2,1-4H3,(H,19,22). The summed E-state index contributed by atoms with van der Waals surface area (Å²) in [7, 11) is -1.51. The van der Waals surface area contributed by atoms with E-state index in [2.05, 4.69) is 17.3 Å². The van der Waals surface area contributed by atoms with E-state index in [4.69, 9.17) is 0 Å². The molecule has 0 saturated carbocycles. The highest BCUT2D eigenvalue weighted by Crippen LogP contribution is 2.24. The second kappa shape index (κ2) is 8.19. The Bertz CT molecular complexity index is 697. The van der Waals surface area contributed by atoms with E-state index in [-0.39, 0.29) is 11.9 Å². The smallest absolute Gasteiger partial charge is 0.244 e.